The number of carbonyl (C=O) groups excluding carboxylic acids is 1. The smallest absolute Gasteiger partial charge is 0.254 e. The van der Waals surface area contributed by atoms with Crippen molar-refractivity contribution in [3.05, 3.63) is 35.4 Å². The highest BCUT2D eigenvalue weighted by Crippen LogP contribution is 2.23. The Labute approximate surface area is 121 Å². The molecule has 2 rings (SSSR count). The molecule has 0 aliphatic carbocycles. The van der Waals surface area contributed by atoms with Crippen molar-refractivity contribution in [1.82, 2.24) is 4.90 Å². The predicted octanol–water partition coefficient (Wildman–Crippen LogP) is 2.82. The van der Waals surface area contributed by atoms with E-state index < -0.39 is 17.2 Å². The second-order valence-corrected chi connectivity index (χ2v) is 5.78. The minimum atomic E-state index is -1.03. The molecule has 0 spiro atoms. The second kappa shape index (κ2) is 5.66. The maximum atomic E-state index is 13.2. The van der Waals surface area contributed by atoms with Crippen LogP contribution in [0.2, 0.25) is 0 Å². The normalized spacial score (nSPS) is 21.9. The van der Waals surface area contributed by atoms with Crippen molar-refractivity contribution in [2.45, 2.75) is 25.6 Å². The summed E-state index contributed by atoms with van der Waals surface area (Å²) in [5, 5.41) is 0. The number of halogens is 3. The van der Waals surface area contributed by atoms with Crippen molar-refractivity contribution >= 4 is 17.5 Å². The lowest BCUT2D eigenvalue weighted by atomic mass is 10.0. The molecule has 1 aromatic rings. The summed E-state index contributed by atoms with van der Waals surface area (Å²) in [5.41, 5.74) is -0.401. The van der Waals surface area contributed by atoms with Gasteiger partial charge in [-0.3, -0.25) is 4.79 Å². The maximum absolute atomic E-state index is 13.2. The first-order valence-corrected chi connectivity index (χ1v) is 6.84. The van der Waals surface area contributed by atoms with E-state index in [4.69, 9.17) is 16.3 Å². The first kappa shape index (κ1) is 15.2. The largest absolute Gasteiger partial charge is 0.367 e. The van der Waals surface area contributed by atoms with E-state index in [1.54, 1.807) is 4.90 Å². The van der Waals surface area contributed by atoms with Crippen LogP contribution in [0.1, 0.15) is 24.2 Å². The number of rotatable bonds is 2. The number of hydrogen-bond donors (Lipinski definition) is 0. The minimum Gasteiger partial charge on any atom is -0.367 e. The van der Waals surface area contributed by atoms with Crippen molar-refractivity contribution in [3.63, 3.8) is 0 Å². The maximum Gasteiger partial charge on any atom is 0.254 e. The third-order valence-electron chi connectivity index (χ3n) is 3.11. The molecule has 0 aromatic heterocycles. The predicted molar refractivity (Wildman–Crippen MR) is 71.9 cm³/mol. The van der Waals surface area contributed by atoms with Crippen LogP contribution in [0.25, 0.3) is 0 Å². The van der Waals surface area contributed by atoms with Crippen molar-refractivity contribution in [2.24, 2.45) is 0 Å². The van der Waals surface area contributed by atoms with Crippen molar-refractivity contribution < 1.29 is 18.3 Å². The van der Waals surface area contributed by atoms with Gasteiger partial charge in [-0.1, -0.05) is 0 Å². The van der Waals surface area contributed by atoms with Gasteiger partial charge < -0.3 is 9.64 Å². The molecule has 3 nitrogen and oxygen atoms in total. The molecule has 0 radical (unpaired) electrons. The zero-order valence-corrected chi connectivity index (χ0v) is 12.1. The lowest BCUT2D eigenvalue weighted by molar-refractivity contribution is -0.117. The second-order valence-electron chi connectivity index (χ2n) is 5.47. The topological polar surface area (TPSA) is 29.5 Å². The molecule has 1 heterocycles. The van der Waals surface area contributed by atoms with Crippen LogP contribution in [0, 0.1) is 11.6 Å². The van der Waals surface area contributed by atoms with E-state index in [2.05, 4.69) is 0 Å². The standard InChI is InChI=1S/C14H16ClF2NO2/c1-14(2)8-18(7-10(6-15)20-14)13(19)9-3-4-11(16)12(17)5-9/h3-5,10H,6-8H2,1-2H3. The zero-order valence-electron chi connectivity index (χ0n) is 11.3. The fourth-order valence-corrected chi connectivity index (χ4v) is 2.50. The van der Waals surface area contributed by atoms with Gasteiger partial charge in [0, 0.05) is 18.7 Å². The van der Waals surface area contributed by atoms with Crippen LogP contribution in [0.4, 0.5) is 8.78 Å². The van der Waals surface area contributed by atoms with Gasteiger partial charge in [0.25, 0.3) is 5.91 Å². The average Bonchev–Trinajstić information content (AvgIpc) is 2.39. The summed E-state index contributed by atoms with van der Waals surface area (Å²) in [6.07, 6.45) is -0.269. The minimum absolute atomic E-state index is 0.120. The van der Waals surface area contributed by atoms with E-state index in [0.29, 0.717) is 13.1 Å². The lowest BCUT2D eigenvalue weighted by Crippen LogP contribution is -2.55. The summed E-state index contributed by atoms with van der Waals surface area (Å²) in [5.74, 6) is -2.08. The third kappa shape index (κ3) is 3.27. The zero-order chi connectivity index (χ0) is 14.9. The Morgan fingerprint density at radius 2 is 2.15 bits per heavy atom. The molecule has 0 bridgehead atoms. The first-order valence-electron chi connectivity index (χ1n) is 6.30. The summed E-state index contributed by atoms with van der Waals surface area (Å²) >= 11 is 5.80. The SMILES string of the molecule is CC1(C)CN(C(=O)c2ccc(F)c(F)c2)CC(CCl)O1. The van der Waals surface area contributed by atoms with E-state index >= 15 is 0 Å². The summed E-state index contributed by atoms with van der Waals surface area (Å²) in [4.78, 5) is 13.9. The molecule has 6 heteroatoms. The van der Waals surface area contributed by atoms with Crippen LogP contribution in [0.3, 0.4) is 0 Å². The summed E-state index contributed by atoms with van der Waals surface area (Å²) in [6.45, 7) is 4.43. The number of ether oxygens (including phenoxy) is 1. The van der Waals surface area contributed by atoms with Crippen LogP contribution < -0.4 is 0 Å². The third-order valence-corrected chi connectivity index (χ3v) is 3.45. The fourth-order valence-electron chi connectivity index (χ4n) is 2.34. The quantitative estimate of drug-likeness (QED) is 0.786. The van der Waals surface area contributed by atoms with Gasteiger partial charge >= 0.3 is 0 Å². The van der Waals surface area contributed by atoms with E-state index in [9.17, 15) is 13.6 Å². The highest BCUT2D eigenvalue weighted by molar-refractivity contribution is 6.18. The Kier molecular flexibility index (Phi) is 4.30. The van der Waals surface area contributed by atoms with Gasteiger partial charge in [0.15, 0.2) is 11.6 Å². The van der Waals surface area contributed by atoms with Crippen LogP contribution in [-0.4, -0.2) is 41.5 Å². The van der Waals surface area contributed by atoms with Crippen LogP contribution >= 0.6 is 11.6 Å². The highest BCUT2D eigenvalue weighted by atomic mass is 35.5. The van der Waals surface area contributed by atoms with Gasteiger partial charge in [0.2, 0.25) is 0 Å². The monoisotopic (exact) mass is 303 g/mol. The molecule has 20 heavy (non-hydrogen) atoms. The molecule has 1 fully saturated rings. The van der Waals surface area contributed by atoms with Gasteiger partial charge in [-0.05, 0) is 32.0 Å². The number of amides is 1. The van der Waals surface area contributed by atoms with Crippen molar-refractivity contribution in [3.8, 4) is 0 Å². The van der Waals surface area contributed by atoms with E-state index in [0.717, 1.165) is 12.1 Å². The molecule has 1 aliphatic heterocycles. The molecule has 1 aliphatic rings. The Hall–Kier alpha value is -1.20. The molecule has 0 N–H and O–H groups in total. The Balaban J connectivity index is 2.21. The molecule has 1 unspecified atom stereocenters. The van der Waals surface area contributed by atoms with E-state index in [-0.39, 0.29) is 23.5 Å². The molecular weight excluding hydrogens is 288 g/mol. The highest BCUT2D eigenvalue weighted by Gasteiger charge is 2.35. The van der Waals surface area contributed by atoms with Gasteiger partial charge in [-0.2, -0.15) is 0 Å². The van der Waals surface area contributed by atoms with E-state index in [1.807, 2.05) is 13.8 Å². The van der Waals surface area contributed by atoms with Gasteiger partial charge in [0.1, 0.15) is 0 Å². The molecule has 1 aromatic carbocycles. The Morgan fingerprint density at radius 3 is 2.75 bits per heavy atom. The van der Waals surface area contributed by atoms with Crippen molar-refractivity contribution in [2.75, 3.05) is 19.0 Å². The van der Waals surface area contributed by atoms with Gasteiger partial charge in [-0.25, -0.2) is 8.78 Å². The van der Waals surface area contributed by atoms with Crippen LogP contribution in [-0.2, 0) is 4.74 Å². The number of alkyl halides is 1. The molecule has 110 valence electrons. The molecule has 1 atom stereocenters. The van der Waals surface area contributed by atoms with Crippen LogP contribution in [0.15, 0.2) is 18.2 Å². The molecule has 1 amide bonds. The molecular formula is C14H16ClF2NO2. The first-order chi connectivity index (χ1) is 9.32. The number of carbonyl (C=O) groups is 1. The van der Waals surface area contributed by atoms with Crippen LogP contribution in [0.5, 0.6) is 0 Å². The molecule has 0 saturated carbocycles. The van der Waals surface area contributed by atoms with Gasteiger partial charge in [0.05, 0.1) is 17.6 Å². The molecule has 1 saturated heterocycles. The van der Waals surface area contributed by atoms with Crippen molar-refractivity contribution in [1.29, 1.82) is 0 Å². The number of morpholine rings is 1. The number of hydrogen-bond acceptors (Lipinski definition) is 2. The number of benzene rings is 1. The van der Waals surface area contributed by atoms with E-state index in [1.165, 1.54) is 6.07 Å². The Bertz CT molecular complexity index is 522. The number of nitrogens with zero attached hydrogens (tertiary/aromatic N) is 1. The Morgan fingerprint density at radius 1 is 1.45 bits per heavy atom. The average molecular weight is 304 g/mol. The fraction of sp³-hybridized carbons (Fsp3) is 0.500. The lowest BCUT2D eigenvalue weighted by Gasteiger charge is -2.42. The summed E-state index contributed by atoms with van der Waals surface area (Å²) < 4.78 is 31.8. The summed E-state index contributed by atoms with van der Waals surface area (Å²) in [6, 6.07) is 3.14. The summed E-state index contributed by atoms with van der Waals surface area (Å²) in [7, 11) is 0. The van der Waals surface area contributed by atoms with Gasteiger partial charge in [-0.15, -0.1) is 11.6 Å².